The van der Waals surface area contributed by atoms with E-state index in [1.807, 2.05) is 0 Å². The van der Waals surface area contributed by atoms with Gasteiger partial charge in [-0.15, -0.1) is 0 Å². The van der Waals surface area contributed by atoms with E-state index in [9.17, 15) is 18.0 Å². The van der Waals surface area contributed by atoms with Gasteiger partial charge in [0.2, 0.25) is 15.8 Å². The lowest BCUT2D eigenvalue weighted by atomic mass is 10.00. The molecule has 2 aromatic heterocycles. The van der Waals surface area contributed by atoms with Gasteiger partial charge in [-0.1, -0.05) is 53.0 Å². The van der Waals surface area contributed by atoms with Crippen LogP contribution in [0.3, 0.4) is 0 Å². The summed E-state index contributed by atoms with van der Waals surface area (Å²) in [6.07, 6.45) is 2.67. The van der Waals surface area contributed by atoms with Gasteiger partial charge in [-0.05, 0) is 54.4 Å². The predicted molar refractivity (Wildman–Crippen MR) is 170 cm³/mol. The normalized spacial score (nSPS) is 11.6. The van der Waals surface area contributed by atoms with Crippen LogP contribution in [0.4, 0.5) is 14.5 Å². The Balaban J connectivity index is 1.67. The molecule has 8 nitrogen and oxygen atoms in total. The largest absolute Gasteiger partial charge is 0.385 e. The van der Waals surface area contributed by atoms with Crippen molar-refractivity contribution in [1.82, 2.24) is 9.55 Å². The van der Waals surface area contributed by atoms with Gasteiger partial charge in [-0.3, -0.25) is 18.9 Å². The molecule has 5 rings (SSSR count). The van der Waals surface area contributed by atoms with E-state index in [0.29, 0.717) is 16.1 Å². The first-order valence-electron chi connectivity index (χ1n) is 13.2. The Bertz CT molecular complexity index is 2050. The van der Waals surface area contributed by atoms with Crippen LogP contribution in [0, 0.1) is 11.6 Å². The number of fused-ring (bicyclic) bond motifs is 1. The summed E-state index contributed by atoms with van der Waals surface area (Å²) >= 11 is 18.6. The fourth-order valence-corrected chi connectivity index (χ4v) is 6.43. The van der Waals surface area contributed by atoms with Gasteiger partial charge < -0.3 is 4.74 Å². The summed E-state index contributed by atoms with van der Waals surface area (Å²) in [5.74, 6) is -5.00. The molecule has 45 heavy (non-hydrogen) atoms. The number of sulfonamides is 1. The van der Waals surface area contributed by atoms with Crippen LogP contribution in [0.2, 0.25) is 15.1 Å². The quantitative estimate of drug-likeness (QED) is 0.119. The van der Waals surface area contributed by atoms with Crippen molar-refractivity contribution in [3.8, 4) is 11.1 Å². The number of rotatable bonds is 10. The second-order valence-electron chi connectivity index (χ2n) is 9.80. The summed E-state index contributed by atoms with van der Waals surface area (Å²) in [5, 5.41) is 0.621. The molecule has 0 bridgehead atoms. The first-order valence-corrected chi connectivity index (χ1v) is 16.0. The minimum atomic E-state index is -4.07. The lowest BCUT2D eigenvalue weighted by molar-refractivity contribution is 0.0964. The molecular weight excluding hydrogens is 671 g/mol. The third kappa shape index (κ3) is 6.73. The molecule has 0 saturated carbocycles. The minimum Gasteiger partial charge on any atom is -0.385 e. The van der Waals surface area contributed by atoms with Crippen LogP contribution < -0.4 is 4.72 Å². The molecule has 0 spiro atoms. The Hall–Kier alpha value is -3.87. The summed E-state index contributed by atoms with van der Waals surface area (Å²) in [5.41, 5.74) is -0.889. The van der Waals surface area contributed by atoms with Crippen molar-refractivity contribution >= 4 is 73.2 Å². The summed E-state index contributed by atoms with van der Waals surface area (Å²) in [6, 6.07) is 14.4. The van der Waals surface area contributed by atoms with Crippen LogP contribution in [-0.2, 0) is 14.8 Å². The number of nitrogens with one attached hydrogen (secondary N) is 1. The average molecular weight is 693 g/mol. The van der Waals surface area contributed by atoms with Crippen molar-refractivity contribution in [1.29, 1.82) is 0 Å². The van der Waals surface area contributed by atoms with Gasteiger partial charge >= 0.3 is 0 Å². The lowest BCUT2D eigenvalue weighted by Gasteiger charge is -2.12. The van der Waals surface area contributed by atoms with Crippen LogP contribution in [0.5, 0.6) is 0 Å². The Labute approximate surface area is 271 Å². The lowest BCUT2D eigenvalue weighted by Crippen LogP contribution is -2.20. The van der Waals surface area contributed by atoms with Gasteiger partial charge in [0.1, 0.15) is 11.5 Å². The first-order chi connectivity index (χ1) is 21.4. The number of carbonyl (C=O) groups excluding carboxylic acids is 2. The van der Waals surface area contributed by atoms with Crippen LogP contribution in [0.25, 0.3) is 22.2 Å². The summed E-state index contributed by atoms with van der Waals surface area (Å²) in [7, 11) is -2.66. The second-order valence-corrected chi connectivity index (χ2v) is 12.9. The zero-order valence-corrected chi connectivity index (χ0v) is 26.4. The van der Waals surface area contributed by atoms with Gasteiger partial charge in [-0.2, -0.15) is 0 Å². The Morgan fingerprint density at radius 2 is 1.64 bits per heavy atom. The van der Waals surface area contributed by atoms with E-state index in [1.165, 1.54) is 31.5 Å². The Kier molecular flexibility index (Phi) is 9.57. The highest BCUT2D eigenvalue weighted by molar-refractivity contribution is 7.92. The molecule has 3 aromatic carbocycles. The van der Waals surface area contributed by atoms with Gasteiger partial charge in [0.25, 0.3) is 5.91 Å². The molecule has 0 aliphatic heterocycles. The first kappa shape index (κ1) is 32.5. The fourth-order valence-electron chi connectivity index (χ4n) is 4.65. The number of anilines is 1. The summed E-state index contributed by atoms with van der Waals surface area (Å²) in [4.78, 5) is 32.1. The molecule has 1 N–H and O–H groups in total. The number of nitrogens with zero attached hydrogens (tertiary/aromatic N) is 2. The molecule has 0 aliphatic carbocycles. The summed E-state index contributed by atoms with van der Waals surface area (Å²) < 4.78 is 63.9. The monoisotopic (exact) mass is 691 g/mol. The number of hydrogen-bond acceptors (Lipinski definition) is 6. The molecule has 0 aliphatic rings. The highest BCUT2D eigenvalue weighted by Gasteiger charge is 2.29. The maximum Gasteiger partial charge on any atom is 0.266 e. The van der Waals surface area contributed by atoms with Crippen LogP contribution in [0.1, 0.15) is 32.7 Å². The maximum absolute atomic E-state index is 15.8. The van der Waals surface area contributed by atoms with E-state index >= 15 is 8.78 Å². The molecule has 0 radical (unpaired) electrons. The number of ether oxygens (including phenoxy) is 1. The molecule has 0 atom stereocenters. The molecule has 0 amide bonds. The van der Waals surface area contributed by atoms with Crippen LogP contribution in [0.15, 0.2) is 73.1 Å². The third-order valence-corrected chi connectivity index (χ3v) is 9.04. The van der Waals surface area contributed by atoms with Crippen molar-refractivity contribution in [2.45, 2.75) is 6.42 Å². The van der Waals surface area contributed by atoms with Crippen molar-refractivity contribution < 1.29 is 31.5 Å². The van der Waals surface area contributed by atoms with Crippen molar-refractivity contribution in [3.05, 3.63) is 116 Å². The second kappa shape index (κ2) is 13.2. The molecule has 0 saturated heterocycles. The van der Waals surface area contributed by atoms with E-state index < -0.39 is 50.4 Å². The van der Waals surface area contributed by atoms with E-state index in [-0.39, 0.29) is 45.2 Å². The molecule has 0 fully saturated rings. The zero-order chi connectivity index (χ0) is 32.5. The van der Waals surface area contributed by atoms with E-state index in [1.54, 1.807) is 30.3 Å². The van der Waals surface area contributed by atoms with Crippen LogP contribution in [-0.4, -0.2) is 49.1 Å². The third-order valence-electron chi connectivity index (χ3n) is 6.81. The number of carbonyl (C=O) groups is 2. The number of hydrogen-bond donors (Lipinski definition) is 1. The van der Waals surface area contributed by atoms with Gasteiger partial charge in [-0.25, -0.2) is 22.2 Å². The molecule has 0 unspecified atom stereocenters. The highest BCUT2D eigenvalue weighted by atomic mass is 35.5. The van der Waals surface area contributed by atoms with Crippen molar-refractivity contribution in [2.24, 2.45) is 0 Å². The predicted octanol–water partition coefficient (Wildman–Crippen LogP) is 7.64. The van der Waals surface area contributed by atoms with Crippen molar-refractivity contribution in [2.75, 3.05) is 24.2 Å². The minimum absolute atomic E-state index is 0.0205. The Morgan fingerprint density at radius 1 is 0.956 bits per heavy atom. The number of ketones is 1. The van der Waals surface area contributed by atoms with E-state index in [4.69, 9.17) is 39.5 Å². The topological polar surface area (TPSA) is 107 Å². The molecule has 5 aromatic rings. The smallest absolute Gasteiger partial charge is 0.266 e. The number of aromatic nitrogens is 2. The maximum atomic E-state index is 15.8. The molecular formula is C31H22Cl3F2N3O5S. The van der Waals surface area contributed by atoms with Crippen LogP contribution >= 0.6 is 34.8 Å². The standard InChI is InChI=1S/C31H22Cl3F2N3O5S/c1-44-12-3-13-45(42,43)38-25-11-10-24(35)27(28(25)36)29(40)21-16-39(31(41)26-22(33)4-2-5-23(26)34)30-20(21)14-18(15-37-30)17-6-8-19(32)9-7-17/h2,4-11,14-16,38H,3,12-13H2,1H3. The number of halogens is 5. The summed E-state index contributed by atoms with van der Waals surface area (Å²) in [6.45, 7) is 0.144. The van der Waals surface area contributed by atoms with E-state index in [0.717, 1.165) is 22.9 Å². The van der Waals surface area contributed by atoms with Crippen molar-refractivity contribution in [3.63, 3.8) is 0 Å². The van der Waals surface area contributed by atoms with Gasteiger partial charge in [0, 0.05) is 42.1 Å². The average Bonchev–Trinajstić information content (AvgIpc) is 3.38. The zero-order valence-electron chi connectivity index (χ0n) is 23.3. The number of methoxy groups -OCH3 is 1. The number of pyridine rings is 1. The Morgan fingerprint density at radius 3 is 2.31 bits per heavy atom. The van der Waals surface area contributed by atoms with E-state index in [2.05, 4.69) is 9.71 Å². The van der Waals surface area contributed by atoms with Gasteiger partial charge in [0.05, 0.1) is 38.2 Å². The fraction of sp³-hybridized carbons (Fsp3) is 0.129. The highest BCUT2D eigenvalue weighted by Crippen LogP contribution is 2.33. The SMILES string of the molecule is COCCCS(=O)(=O)Nc1ccc(F)c(C(=O)c2cn(C(=O)c3c(Cl)cccc3Cl)c3ncc(-c4ccc(Cl)cc4)cc23)c1F. The molecule has 232 valence electrons. The molecule has 2 heterocycles. The van der Waals surface area contributed by atoms with Gasteiger partial charge in [0.15, 0.2) is 5.82 Å². The molecule has 14 heteroatoms. The number of benzene rings is 3.